The van der Waals surface area contributed by atoms with Crippen molar-refractivity contribution in [3.63, 3.8) is 0 Å². The Hall–Kier alpha value is -1.79. The first-order chi connectivity index (χ1) is 8.65. The molecule has 0 spiro atoms. The van der Waals surface area contributed by atoms with Crippen LogP contribution < -0.4 is 16.4 Å². The van der Waals surface area contributed by atoms with Crippen LogP contribution >= 0.6 is 0 Å². The number of carbonyl (C=O) groups is 3. The quantitative estimate of drug-likeness (QED) is 0.532. The average Bonchev–Trinajstić information content (AvgIpc) is 2.23. The van der Waals surface area contributed by atoms with E-state index in [9.17, 15) is 14.4 Å². The van der Waals surface area contributed by atoms with Crippen molar-refractivity contribution < 1.29 is 19.5 Å². The lowest BCUT2D eigenvalue weighted by molar-refractivity contribution is -0.138. The number of primary amides is 1. The summed E-state index contributed by atoms with van der Waals surface area (Å²) in [5.41, 5.74) is 5.02. The molecular formula is C12H23N3O4. The van der Waals surface area contributed by atoms with E-state index in [1.54, 1.807) is 13.8 Å². The third-order valence-electron chi connectivity index (χ3n) is 2.77. The van der Waals surface area contributed by atoms with Crippen LogP contribution in [0.2, 0.25) is 0 Å². The average molecular weight is 273 g/mol. The molecule has 2 unspecified atom stereocenters. The predicted molar refractivity (Wildman–Crippen MR) is 70.4 cm³/mol. The second-order valence-corrected chi connectivity index (χ2v) is 5.19. The summed E-state index contributed by atoms with van der Waals surface area (Å²) >= 11 is 0. The summed E-state index contributed by atoms with van der Waals surface area (Å²) in [5, 5.41) is 13.8. The third kappa shape index (κ3) is 6.64. The number of carbonyl (C=O) groups excluding carboxylic acids is 2. The number of aliphatic carboxylic acids is 1. The van der Waals surface area contributed by atoms with Gasteiger partial charge >= 0.3 is 12.0 Å². The van der Waals surface area contributed by atoms with E-state index in [0.29, 0.717) is 0 Å². The molecule has 5 N–H and O–H groups in total. The second-order valence-electron chi connectivity index (χ2n) is 5.19. The first kappa shape index (κ1) is 17.2. The van der Waals surface area contributed by atoms with E-state index in [-0.39, 0.29) is 18.3 Å². The van der Waals surface area contributed by atoms with E-state index in [1.807, 2.05) is 13.8 Å². The summed E-state index contributed by atoms with van der Waals surface area (Å²) < 4.78 is 0. The third-order valence-corrected chi connectivity index (χ3v) is 2.77. The molecule has 7 heteroatoms. The van der Waals surface area contributed by atoms with Crippen molar-refractivity contribution in [3.8, 4) is 0 Å². The molecule has 0 fully saturated rings. The fourth-order valence-electron chi connectivity index (χ4n) is 1.60. The number of urea groups is 1. The fourth-order valence-corrected chi connectivity index (χ4v) is 1.60. The monoisotopic (exact) mass is 273 g/mol. The van der Waals surface area contributed by atoms with E-state index in [4.69, 9.17) is 10.8 Å². The molecule has 0 aliphatic heterocycles. The first-order valence-corrected chi connectivity index (χ1v) is 6.23. The van der Waals surface area contributed by atoms with Crippen molar-refractivity contribution >= 4 is 17.9 Å². The highest BCUT2D eigenvalue weighted by Gasteiger charge is 2.27. The van der Waals surface area contributed by atoms with Gasteiger partial charge in [-0.25, -0.2) is 4.79 Å². The molecule has 0 bridgehead atoms. The molecule has 0 aromatic carbocycles. The maximum Gasteiger partial charge on any atom is 0.312 e. The number of carboxylic acids is 1. The van der Waals surface area contributed by atoms with Crippen molar-refractivity contribution in [2.75, 3.05) is 0 Å². The number of amides is 3. The van der Waals surface area contributed by atoms with Crippen LogP contribution in [0.1, 0.15) is 34.1 Å². The first-order valence-electron chi connectivity index (χ1n) is 6.23. The van der Waals surface area contributed by atoms with Crippen molar-refractivity contribution in [2.45, 2.75) is 46.2 Å². The van der Waals surface area contributed by atoms with Crippen LogP contribution in [-0.4, -0.2) is 35.1 Å². The zero-order valence-corrected chi connectivity index (χ0v) is 11.8. The summed E-state index contributed by atoms with van der Waals surface area (Å²) in [6, 6.07) is -2.04. The number of hydrogen-bond donors (Lipinski definition) is 4. The van der Waals surface area contributed by atoms with Crippen LogP contribution in [0.15, 0.2) is 0 Å². The fraction of sp³-hybridized carbons (Fsp3) is 0.750. The largest absolute Gasteiger partial charge is 0.481 e. The molecule has 0 radical (unpaired) electrons. The SMILES string of the molecule is CC(C)C(CC(=O)O)NC(=O)C(NC(N)=O)C(C)C. The molecule has 0 aromatic heterocycles. The number of nitrogens with one attached hydrogen (secondary N) is 2. The van der Waals surface area contributed by atoms with Crippen LogP contribution in [0, 0.1) is 11.8 Å². The topological polar surface area (TPSA) is 122 Å². The van der Waals surface area contributed by atoms with Crippen LogP contribution in [0.5, 0.6) is 0 Å². The van der Waals surface area contributed by atoms with E-state index < -0.39 is 30.0 Å². The minimum atomic E-state index is -0.983. The maximum absolute atomic E-state index is 12.0. The molecule has 0 saturated carbocycles. The smallest absolute Gasteiger partial charge is 0.312 e. The molecule has 0 aromatic rings. The molecule has 0 heterocycles. The lowest BCUT2D eigenvalue weighted by Crippen LogP contribution is -2.54. The molecule has 3 amide bonds. The zero-order valence-electron chi connectivity index (χ0n) is 11.8. The summed E-state index contributed by atoms with van der Waals surface area (Å²) in [5.74, 6) is -1.58. The van der Waals surface area contributed by atoms with Gasteiger partial charge in [0.15, 0.2) is 0 Å². The normalized spacial score (nSPS) is 14.0. The minimum absolute atomic E-state index is 0.0264. The summed E-state index contributed by atoms with van der Waals surface area (Å²) in [4.78, 5) is 33.6. The Morgan fingerprint density at radius 3 is 1.89 bits per heavy atom. The lowest BCUT2D eigenvalue weighted by Gasteiger charge is -2.26. The second kappa shape index (κ2) is 7.60. The number of rotatable bonds is 7. The molecule has 7 nitrogen and oxygen atoms in total. The Balaban J connectivity index is 4.75. The van der Waals surface area contributed by atoms with Gasteiger partial charge in [0.2, 0.25) is 5.91 Å². The van der Waals surface area contributed by atoms with Gasteiger partial charge < -0.3 is 21.5 Å². The Bertz CT molecular complexity index is 342. The van der Waals surface area contributed by atoms with Gasteiger partial charge in [0.05, 0.1) is 6.42 Å². The molecule has 0 aliphatic carbocycles. The molecule has 110 valence electrons. The summed E-state index contributed by atoms with van der Waals surface area (Å²) in [6.07, 6.45) is -0.162. The Kier molecular flexibility index (Phi) is 6.89. The van der Waals surface area contributed by atoms with Crippen molar-refractivity contribution in [1.82, 2.24) is 10.6 Å². The van der Waals surface area contributed by atoms with E-state index >= 15 is 0 Å². The van der Waals surface area contributed by atoms with Crippen molar-refractivity contribution in [2.24, 2.45) is 17.6 Å². The van der Waals surface area contributed by atoms with Gasteiger partial charge in [0.25, 0.3) is 0 Å². The van der Waals surface area contributed by atoms with Crippen LogP contribution in [0.4, 0.5) is 4.79 Å². The highest BCUT2D eigenvalue weighted by molar-refractivity contribution is 5.87. The molecule has 19 heavy (non-hydrogen) atoms. The van der Waals surface area contributed by atoms with Gasteiger partial charge in [-0.2, -0.15) is 0 Å². The standard InChI is InChI=1S/C12H23N3O4/c1-6(2)8(5-9(16)17)14-11(18)10(7(3)4)15-12(13)19/h6-8,10H,5H2,1-4H3,(H,14,18)(H,16,17)(H3,13,15,19). The van der Waals surface area contributed by atoms with E-state index in [1.165, 1.54) is 0 Å². The van der Waals surface area contributed by atoms with E-state index in [0.717, 1.165) is 0 Å². The number of hydrogen-bond acceptors (Lipinski definition) is 3. The molecular weight excluding hydrogens is 250 g/mol. The molecule has 0 rings (SSSR count). The Morgan fingerprint density at radius 2 is 1.58 bits per heavy atom. The van der Waals surface area contributed by atoms with Gasteiger partial charge in [-0.1, -0.05) is 27.7 Å². The zero-order chi connectivity index (χ0) is 15.2. The molecule has 0 saturated heterocycles. The van der Waals surface area contributed by atoms with Gasteiger partial charge in [0, 0.05) is 6.04 Å². The van der Waals surface area contributed by atoms with Gasteiger partial charge in [-0.05, 0) is 11.8 Å². The van der Waals surface area contributed by atoms with Crippen molar-refractivity contribution in [1.29, 1.82) is 0 Å². The predicted octanol–water partition coefficient (Wildman–Crippen LogP) is 0.295. The minimum Gasteiger partial charge on any atom is -0.481 e. The Labute approximate surface area is 112 Å². The lowest BCUT2D eigenvalue weighted by atomic mass is 9.98. The maximum atomic E-state index is 12.0. The van der Waals surface area contributed by atoms with Crippen molar-refractivity contribution in [3.05, 3.63) is 0 Å². The number of carboxylic acid groups (broad SMARTS) is 1. The number of nitrogens with two attached hydrogens (primary N) is 1. The highest BCUT2D eigenvalue weighted by atomic mass is 16.4. The van der Waals surface area contributed by atoms with Gasteiger partial charge in [0.1, 0.15) is 6.04 Å². The summed E-state index contributed by atoms with van der Waals surface area (Å²) in [6.45, 7) is 7.17. The molecule has 0 aliphatic rings. The van der Waals surface area contributed by atoms with Gasteiger partial charge in [-0.15, -0.1) is 0 Å². The van der Waals surface area contributed by atoms with Crippen LogP contribution in [0.3, 0.4) is 0 Å². The molecule has 2 atom stereocenters. The van der Waals surface area contributed by atoms with Crippen LogP contribution in [0.25, 0.3) is 0 Å². The summed E-state index contributed by atoms with van der Waals surface area (Å²) in [7, 11) is 0. The highest BCUT2D eigenvalue weighted by Crippen LogP contribution is 2.08. The van der Waals surface area contributed by atoms with Gasteiger partial charge in [-0.3, -0.25) is 9.59 Å². The van der Waals surface area contributed by atoms with Crippen LogP contribution in [-0.2, 0) is 9.59 Å². The van der Waals surface area contributed by atoms with E-state index in [2.05, 4.69) is 10.6 Å². The Morgan fingerprint density at radius 1 is 1.05 bits per heavy atom.